The molecule has 0 bridgehead atoms. The predicted octanol–water partition coefficient (Wildman–Crippen LogP) is 5.26. The number of hydrogen-bond donors (Lipinski definition) is 3. The van der Waals surface area contributed by atoms with Gasteiger partial charge in [0.05, 0.1) is 11.7 Å². The Hall–Kier alpha value is -3.27. The number of anilines is 1. The molecule has 0 spiro atoms. The molecule has 5 heterocycles. The lowest BCUT2D eigenvalue weighted by atomic mass is 9.80. The van der Waals surface area contributed by atoms with E-state index < -0.39 is 11.9 Å². The van der Waals surface area contributed by atoms with Crippen LogP contribution in [0.2, 0.25) is 0 Å². The van der Waals surface area contributed by atoms with Crippen molar-refractivity contribution < 1.29 is 13.2 Å². The Morgan fingerprint density at radius 3 is 2.69 bits per heavy atom. The van der Waals surface area contributed by atoms with E-state index in [1.807, 2.05) is 6.20 Å². The van der Waals surface area contributed by atoms with E-state index in [1.54, 1.807) is 12.3 Å². The standard InChI is InChI=1S/C25H26F3N7/c1-24(2)12-29-7-6-18(24)33-23-20-16(13-3-4-13)10-30-11-17(20)32-22(35-23)14-5-8-31-21-15(14)9-19(34-21)25(26,27)28/h5,8-11,13,18,29H,3-4,6-7,12H2,1-2H3,(H,31,34)(H,32,33,35). The van der Waals surface area contributed by atoms with Gasteiger partial charge in [-0.05, 0) is 54.8 Å². The fourth-order valence-electron chi connectivity index (χ4n) is 5.02. The van der Waals surface area contributed by atoms with Gasteiger partial charge in [0, 0.05) is 41.3 Å². The number of hydrogen-bond acceptors (Lipinski definition) is 6. The second kappa shape index (κ2) is 7.87. The average molecular weight is 482 g/mol. The number of nitrogens with zero attached hydrogens (tertiary/aromatic N) is 4. The lowest BCUT2D eigenvalue weighted by Gasteiger charge is -2.40. The van der Waals surface area contributed by atoms with E-state index in [1.165, 1.54) is 6.20 Å². The normalized spacial score (nSPS) is 20.4. The van der Waals surface area contributed by atoms with E-state index in [9.17, 15) is 13.2 Å². The van der Waals surface area contributed by atoms with Crippen molar-refractivity contribution in [3.8, 4) is 11.4 Å². The van der Waals surface area contributed by atoms with Crippen LogP contribution in [0.5, 0.6) is 0 Å². The van der Waals surface area contributed by atoms with E-state index in [2.05, 4.69) is 39.4 Å². The maximum absolute atomic E-state index is 13.4. The van der Waals surface area contributed by atoms with Crippen molar-refractivity contribution in [1.29, 1.82) is 0 Å². The van der Waals surface area contributed by atoms with Crippen molar-refractivity contribution in [2.45, 2.75) is 51.2 Å². The molecule has 0 aromatic carbocycles. The zero-order valence-electron chi connectivity index (χ0n) is 19.5. The molecule has 4 aromatic heterocycles. The van der Waals surface area contributed by atoms with Crippen LogP contribution in [0.25, 0.3) is 33.3 Å². The first-order valence-electron chi connectivity index (χ1n) is 11.9. The molecule has 0 amide bonds. The van der Waals surface area contributed by atoms with Gasteiger partial charge in [0.2, 0.25) is 0 Å². The highest BCUT2D eigenvalue weighted by Crippen LogP contribution is 2.45. The van der Waals surface area contributed by atoms with Gasteiger partial charge in [-0.25, -0.2) is 15.0 Å². The zero-order valence-corrected chi connectivity index (χ0v) is 19.5. The summed E-state index contributed by atoms with van der Waals surface area (Å²) in [4.78, 5) is 20.6. The van der Waals surface area contributed by atoms with Gasteiger partial charge in [0.1, 0.15) is 17.2 Å². The van der Waals surface area contributed by atoms with Crippen LogP contribution in [0.4, 0.5) is 19.0 Å². The number of alkyl halides is 3. The molecule has 1 aliphatic heterocycles. The third kappa shape index (κ3) is 3.99. The third-order valence-corrected chi connectivity index (χ3v) is 7.18. The van der Waals surface area contributed by atoms with Gasteiger partial charge in [-0.1, -0.05) is 13.8 Å². The number of aromatic amines is 1. The first kappa shape index (κ1) is 22.2. The summed E-state index contributed by atoms with van der Waals surface area (Å²) in [6, 6.07) is 2.91. The molecule has 182 valence electrons. The summed E-state index contributed by atoms with van der Waals surface area (Å²) in [6.45, 7) is 6.22. The van der Waals surface area contributed by atoms with E-state index in [-0.39, 0.29) is 17.1 Å². The summed E-state index contributed by atoms with van der Waals surface area (Å²) >= 11 is 0. The van der Waals surface area contributed by atoms with Gasteiger partial charge in [-0.15, -0.1) is 0 Å². The topological polar surface area (TPSA) is 91.4 Å². The van der Waals surface area contributed by atoms with Crippen molar-refractivity contribution in [3.63, 3.8) is 0 Å². The van der Waals surface area contributed by atoms with Crippen LogP contribution in [-0.2, 0) is 6.18 Å². The zero-order chi connectivity index (χ0) is 24.4. The van der Waals surface area contributed by atoms with Crippen LogP contribution < -0.4 is 10.6 Å². The van der Waals surface area contributed by atoms with Gasteiger partial charge in [-0.3, -0.25) is 4.98 Å². The lowest BCUT2D eigenvalue weighted by Crippen LogP contribution is -2.49. The molecule has 2 aliphatic rings. The highest BCUT2D eigenvalue weighted by molar-refractivity contribution is 5.97. The first-order valence-corrected chi connectivity index (χ1v) is 11.9. The van der Waals surface area contributed by atoms with Gasteiger partial charge in [0.15, 0.2) is 5.82 Å². The molecule has 1 atom stereocenters. The first-order chi connectivity index (χ1) is 16.7. The lowest BCUT2D eigenvalue weighted by molar-refractivity contribution is -0.140. The Morgan fingerprint density at radius 1 is 1.11 bits per heavy atom. The molecular weight excluding hydrogens is 455 g/mol. The van der Waals surface area contributed by atoms with Crippen LogP contribution in [0.15, 0.2) is 30.7 Å². The fraction of sp³-hybridized carbons (Fsp3) is 0.440. The molecule has 2 fully saturated rings. The van der Waals surface area contributed by atoms with Crippen LogP contribution in [-0.4, -0.2) is 44.1 Å². The van der Waals surface area contributed by atoms with E-state index in [4.69, 9.17) is 9.97 Å². The summed E-state index contributed by atoms with van der Waals surface area (Å²) < 4.78 is 40.1. The second-order valence-electron chi connectivity index (χ2n) is 10.2. The Kier molecular flexibility index (Phi) is 5.00. The molecule has 4 aromatic rings. The largest absolute Gasteiger partial charge is 0.431 e. The number of piperidine rings is 1. The number of H-pyrrole nitrogens is 1. The summed E-state index contributed by atoms with van der Waals surface area (Å²) in [5, 5.41) is 8.44. The summed E-state index contributed by atoms with van der Waals surface area (Å²) in [7, 11) is 0. The molecule has 3 N–H and O–H groups in total. The minimum Gasteiger partial charge on any atom is -0.366 e. The number of fused-ring (bicyclic) bond motifs is 2. The minimum absolute atomic E-state index is 0.00531. The molecule has 10 heteroatoms. The molecule has 1 unspecified atom stereocenters. The van der Waals surface area contributed by atoms with E-state index >= 15 is 0 Å². The second-order valence-corrected chi connectivity index (χ2v) is 10.2. The van der Waals surface area contributed by atoms with Gasteiger partial charge >= 0.3 is 6.18 Å². The smallest absolute Gasteiger partial charge is 0.366 e. The summed E-state index contributed by atoms with van der Waals surface area (Å²) in [6.07, 6.45) is 3.73. The van der Waals surface area contributed by atoms with Crippen molar-refractivity contribution in [1.82, 2.24) is 30.2 Å². The van der Waals surface area contributed by atoms with Crippen molar-refractivity contribution >= 4 is 27.8 Å². The maximum atomic E-state index is 13.4. The van der Waals surface area contributed by atoms with Crippen molar-refractivity contribution in [3.05, 3.63) is 42.0 Å². The fourth-order valence-corrected chi connectivity index (χ4v) is 5.02. The molecule has 1 aliphatic carbocycles. The summed E-state index contributed by atoms with van der Waals surface area (Å²) in [5.41, 5.74) is 1.61. The molecule has 1 saturated carbocycles. The van der Waals surface area contributed by atoms with E-state index in [0.717, 1.165) is 49.4 Å². The number of halogens is 3. The third-order valence-electron chi connectivity index (χ3n) is 7.18. The van der Waals surface area contributed by atoms with Crippen LogP contribution in [0, 0.1) is 5.41 Å². The van der Waals surface area contributed by atoms with Crippen LogP contribution in [0.3, 0.4) is 0 Å². The Bertz CT molecular complexity index is 1420. The molecule has 7 nitrogen and oxygen atoms in total. The van der Waals surface area contributed by atoms with Gasteiger partial charge in [-0.2, -0.15) is 13.2 Å². The van der Waals surface area contributed by atoms with Crippen LogP contribution >= 0.6 is 0 Å². The molecule has 1 saturated heterocycles. The van der Waals surface area contributed by atoms with E-state index in [0.29, 0.717) is 34.0 Å². The maximum Gasteiger partial charge on any atom is 0.431 e. The Labute approximate surface area is 200 Å². The molecule has 35 heavy (non-hydrogen) atoms. The molecule has 0 radical (unpaired) electrons. The molecule has 6 rings (SSSR count). The van der Waals surface area contributed by atoms with Crippen molar-refractivity contribution in [2.75, 3.05) is 18.4 Å². The quantitative estimate of drug-likeness (QED) is 0.368. The Balaban J connectivity index is 1.54. The summed E-state index contributed by atoms with van der Waals surface area (Å²) in [5.74, 6) is 1.50. The van der Waals surface area contributed by atoms with Crippen molar-refractivity contribution in [2.24, 2.45) is 5.41 Å². The van der Waals surface area contributed by atoms with Crippen LogP contribution in [0.1, 0.15) is 50.3 Å². The Morgan fingerprint density at radius 2 is 1.94 bits per heavy atom. The minimum atomic E-state index is -4.50. The highest BCUT2D eigenvalue weighted by Gasteiger charge is 2.35. The number of nitrogens with one attached hydrogen (secondary N) is 3. The number of pyridine rings is 2. The van der Waals surface area contributed by atoms with Gasteiger partial charge < -0.3 is 15.6 Å². The number of aromatic nitrogens is 5. The van der Waals surface area contributed by atoms with Gasteiger partial charge in [0.25, 0.3) is 0 Å². The molecular formula is C25H26F3N7. The average Bonchev–Trinajstić information content (AvgIpc) is 3.56. The number of rotatable bonds is 4. The SMILES string of the molecule is CC1(C)CNCCC1Nc1nc(-c2ccnc3[nH]c(C(F)(F)F)cc23)nc2cncc(C3CC3)c12. The monoisotopic (exact) mass is 481 g/mol. The highest BCUT2D eigenvalue weighted by atomic mass is 19.4. The predicted molar refractivity (Wildman–Crippen MR) is 128 cm³/mol.